The van der Waals surface area contributed by atoms with Crippen LogP contribution in [-0.4, -0.2) is 31.6 Å². The van der Waals surface area contributed by atoms with E-state index in [1.165, 1.54) is 13.2 Å². The Kier molecular flexibility index (Phi) is 3.84. The molecule has 0 radical (unpaired) electrons. The quantitative estimate of drug-likeness (QED) is 0.760. The average molecular weight is 227 g/mol. The van der Waals surface area contributed by atoms with Gasteiger partial charge in [-0.1, -0.05) is 0 Å². The summed E-state index contributed by atoms with van der Waals surface area (Å²) in [6.45, 7) is 1.65. The van der Waals surface area contributed by atoms with Crippen molar-refractivity contribution < 1.29 is 19.0 Å². The molecule has 0 saturated carbocycles. The maximum atomic E-state index is 13.6. The van der Waals surface area contributed by atoms with E-state index in [0.29, 0.717) is 5.56 Å². The van der Waals surface area contributed by atoms with Crippen LogP contribution in [0.5, 0.6) is 11.5 Å². The van der Waals surface area contributed by atoms with E-state index >= 15 is 0 Å². The van der Waals surface area contributed by atoms with Crippen molar-refractivity contribution in [2.75, 3.05) is 20.7 Å². The van der Waals surface area contributed by atoms with Crippen molar-refractivity contribution in [1.29, 1.82) is 0 Å². The van der Waals surface area contributed by atoms with Crippen LogP contribution in [0.3, 0.4) is 0 Å². The van der Waals surface area contributed by atoms with Crippen LogP contribution in [0, 0.1) is 12.7 Å². The van der Waals surface area contributed by atoms with E-state index < -0.39 is 11.6 Å². The summed E-state index contributed by atoms with van der Waals surface area (Å²) < 4.78 is 18.4. The molecule has 0 saturated heterocycles. The number of ketones is 1. The number of hydrogen-bond acceptors (Lipinski definition) is 4. The third-order valence-corrected chi connectivity index (χ3v) is 2.22. The van der Waals surface area contributed by atoms with Gasteiger partial charge < -0.3 is 15.2 Å². The summed E-state index contributed by atoms with van der Waals surface area (Å²) >= 11 is 0. The van der Waals surface area contributed by atoms with Gasteiger partial charge in [-0.25, -0.2) is 0 Å². The molecule has 0 bridgehead atoms. The number of hydrogen-bond donors (Lipinski definition) is 2. The fourth-order valence-corrected chi connectivity index (χ4v) is 1.47. The van der Waals surface area contributed by atoms with E-state index in [2.05, 4.69) is 5.32 Å². The lowest BCUT2D eigenvalue weighted by Crippen LogP contribution is -2.19. The lowest BCUT2D eigenvalue weighted by molar-refractivity contribution is 0.0990. The molecule has 0 aliphatic rings. The molecule has 1 aromatic carbocycles. The maximum Gasteiger partial charge on any atom is 0.207 e. The van der Waals surface area contributed by atoms with Gasteiger partial charge in [0.2, 0.25) is 5.82 Å². The van der Waals surface area contributed by atoms with Crippen LogP contribution in [0.15, 0.2) is 6.07 Å². The topological polar surface area (TPSA) is 58.6 Å². The van der Waals surface area contributed by atoms with Crippen LogP contribution in [0.2, 0.25) is 0 Å². The van der Waals surface area contributed by atoms with Crippen molar-refractivity contribution >= 4 is 5.78 Å². The molecule has 4 nitrogen and oxygen atoms in total. The number of carbonyl (C=O) groups excluding carboxylic acids is 1. The van der Waals surface area contributed by atoms with E-state index in [4.69, 9.17) is 4.74 Å². The zero-order chi connectivity index (χ0) is 12.3. The van der Waals surface area contributed by atoms with Crippen molar-refractivity contribution in [3.8, 4) is 11.5 Å². The molecule has 0 aromatic heterocycles. The number of benzene rings is 1. The standard InChI is InChI=1S/C11H14FNO3/c1-6-4-7(8(14)5-13-2)10(15)9(12)11(6)16-3/h4,13,15H,5H2,1-3H3. The summed E-state index contributed by atoms with van der Waals surface area (Å²) in [4.78, 5) is 11.5. The van der Waals surface area contributed by atoms with Gasteiger partial charge in [0.1, 0.15) is 0 Å². The molecule has 1 aromatic rings. The Bertz CT molecular complexity index is 418. The van der Waals surface area contributed by atoms with Crippen molar-refractivity contribution in [1.82, 2.24) is 5.32 Å². The Labute approximate surface area is 93.0 Å². The molecule has 5 heteroatoms. The number of aryl methyl sites for hydroxylation is 1. The Morgan fingerprint density at radius 1 is 1.62 bits per heavy atom. The molecule has 0 atom stereocenters. The summed E-state index contributed by atoms with van der Waals surface area (Å²) in [6, 6.07) is 1.41. The summed E-state index contributed by atoms with van der Waals surface area (Å²) in [5, 5.41) is 12.2. The lowest BCUT2D eigenvalue weighted by Gasteiger charge is -2.11. The van der Waals surface area contributed by atoms with E-state index in [1.54, 1.807) is 14.0 Å². The Morgan fingerprint density at radius 2 is 2.25 bits per heavy atom. The number of phenolic OH excluding ortho intramolecular Hbond substituents is 1. The van der Waals surface area contributed by atoms with Crippen LogP contribution in [0.4, 0.5) is 4.39 Å². The first-order chi connectivity index (χ1) is 7.52. The molecule has 1 rings (SSSR count). The molecule has 16 heavy (non-hydrogen) atoms. The Balaban J connectivity index is 3.28. The minimum absolute atomic E-state index is 0.0369. The van der Waals surface area contributed by atoms with Crippen LogP contribution >= 0.6 is 0 Å². The van der Waals surface area contributed by atoms with Gasteiger partial charge in [0, 0.05) is 0 Å². The number of nitrogens with one attached hydrogen (secondary N) is 1. The molecule has 0 heterocycles. The second-order valence-corrected chi connectivity index (χ2v) is 3.39. The van der Waals surface area contributed by atoms with Gasteiger partial charge in [-0.2, -0.15) is 4.39 Å². The van der Waals surface area contributed by atoms with E-state index in [9.17, 15) is 14.3 Å². The van der Waals surface area contributed by atoms with Gasteiger partial charge in [-0.15, -0.1) is 0 Å². The highest BCUT2D eigenvalue weighted by Gasteiger charge is 2.20. The highest BCUT2D eigenvalue weighted by molar-refractivity contribution is 6.00. The normalized spacial score (nSPS) is 10.2. The van der Waals surface area contributed by atoms with Gasteiger partial charge in [0.25, 0.3) is 0 Å². The minimum Gasteiger partial charge on any atom is -0.504 e. The van der Waals surface area contributed by atoms with Crippen LogP contribution < -0.4 is 10.1 Å². The fourth-order valence-electron chi connectivity index (χ4n) is 1.47. The van der Waals surface area contributed by atoms with E-state index in [1.807, 2.05) is 0 Å². The highest BCUT2D eigenvalue weighted by Crippen LogP contribution is 2.32. The number of rotatable bonds is 4. The van der Waals surface area contributed by atoms with Crippen LogP contribution in [0.1, 0.15) is 15.9 Å². The Hall–Kier alpha value is -1.62. The van der Waals surface area contributed by atoms with Crippen molar-refractivity contribution in [3.63, 3.8) is 0 Å². The average Bonchev–Trinajstić information content (AvgIpc) is 2.24. The number of halogens is 1. The third kappa shape index (κ3) is 2.14. The van der Waals surface area contributed by atoms with Gasteiger partial charge in [0.15, 0.2) is 17.3 Å². The minimum atomic E-state index is -0.901. The predicted octanol–water partition coefficient (Wildman–Crippen LogP) is 1.25. The summed E-state index contributed by atoms with van der Waals surface area (Å²) in [7, 11) is 2.90. The number of aromatic hydroxyl groups is 1. The fraction of sp³-hybridized carbons (Fsp3) is 0.364. The third-order valence-electron chi connectivity index (χ3n) is 2.22. The molecule has 2 N–H and O–H groups in total. The first-order valence-electron chi connectivity index (χ1n) is 4.76. The van der Waals surface area contributed by atoms with Crippen LogP contribution in [-0.2, 0) is 0 Å². The predicted molar refractivity (Wildman–Crippen MR) is 57.6 cm³/mol. The zero-order valence-electron chi connectivity index (χ0n) is 9.43. The van der Waals surface area contributed by atoms with E-state index in [0.717, 1.165) is 0 Å². The number of methoxy groups -OCH3 is 1. The number of likely N-dealkylation sites (N-methyl/N-ethyl adjacent to an activating group) is 1. The highest BCUT2D eigenvalue weighted by atomic mass is 19.1. The molecule has 0 aliphatic carbocycles. The summed E-state index contributed by atoms with van der Waals surface area (Å²) in [5.74, 6) is -1.98. The first-order valence-corrected chi connectivity index (χ1v) is 4.76. The molecular weight excluding hydrogens is 213 g/mol. The molecule has 0 aliphatic heterocycles. The molecule has 88 valence electrons. The van der Waals surface area contributed by atoms with Gasteiger partial charge in [0.05, 0.1) is 19.2 Å². The van der Waals surface area contributed by atoms with Crippen molar-refractivity contribution in [2.45, 2.75) is 6.92 Å². The molecule has 0 spiro atoms. The lowest BCUT2D eigenvalue weighted by atomic mass is 10.0. The largest absolute Gasteiger partial charge is 0.504 e. The smallest absolute Gasteiger partial charge is 0.207 e. The van der Waals surface area contributed by atoms with E-state index in [-0.39, 0.29) is 23.6 Å². The van der Waals surface area contributed by atoms with Crippen molar-refractivity contribution in [3.05, 3.63) is 23.0 Å². The van der Waals surface area contributed by atoms with Crippen molar-refractivity contribution in [2.24, 2.45) is 0 Å². The summed E-state index contributed by atoms with van der Waals surface area (Å²) in [5.41, 5.74) is 0.433. The molecule has 0 unspecified atom stereocenters. The van der Waals surface area contributed by atoms with Gasteiger partial charge in [-0.05, 0) is 25.6 Å². The summed E-state index contributed by atoms with van der Waals surface area (Å²) in [6.07, 6.45) is 0. The van der Waals surface area contributed by atoms with Crippen LogP contribution in [0.25, 0.3) is 0 Å². The number of phenols is 1. The first kappa shape index (κ1) is 12.4. The van der Waals surface area contributed by atoms with Gasteiger partial charge in [-0.3, -0.25) is 4.79 Å². The maximum absolute atomic E-state index is 13.6. The number of Topliss-reactive ketones (excluding diaryl/α,β-unsaturated/α-hetero) is 1. The monoisotopic (exact) mass is 227 g/mol. The second-order valence-electron chi connectivity index (χ2n) is 3.39. The zero-order valence-corrected chi connectivity index (χ0v) is 9.43. The molecular formula is C11H14FNO3. The number of ether oxygens (including phenoxy) is 1. The molecule has 0 amide bonds. The second kappa shape index (κ2) is 4.94. The Morgan fingerprint density at radius 3 is 2.75 bits per heavy atom. The number of carbonyl (C=O) groups is 1. The van der Waals surface area contributed by atoms with Gasteiger partial charge >= 0.3 is 0 Å². The SMILES string of the molecule is CNCC(=O)c1cc(C)c(OC)c(F)c1O. The molecule has 0 fully saturated rings.